The van der Waals surface area contributed by atoms with E-state index >= 15 is 4.39 Å². The van der Waals surface area contributed by atoms with Crippen LogP contribution in [0.1, 0.15) is 19.8 Å². The Kier molecular flexibility index (Phi) is 6.17. The third kappa shape index (κ3) is 4.38. The van der Waals surface area contributed by atoms with Gasteiger partial charge >= 0.3 is 6.01 Å². The van der Waals surface area contributed by atoms with Gasteiger partial charge in [-0.25, -0.2) is 23.4 Å². The van der Waals surface area contributed by atoms with Crippen LogP contribution >= 0.6 is 22.9 Å². The predicted octanol–water partition coefficient (Wildman–Crippen LogP) is 4.42. The van der Waals surface area contributed by atoms with Gasteiger partial charge in [0.15, 0.2) is 10.9 Å². The van der Waals surface area contributed by atoms with Gasteiger partial charge < -0.3 is 20.7 Å². The first-order chi connectivity index (χ1) is 19.3. The molecule has 14 heteroatoms. The Hall–Kier alpha value is -3.68. The molecule has 2 saturated heterocycles. The smallest absolute Gasteiger partial charge is 0.319 e. The molecule has 0 amide bonds. The number of nitrogen functional groups attached to an aromatic ring is 1. The Morgan fingerprint density at radius 2 is 1.98 bits per heavy atom. The zero-order valence-corrected chi connectivity index (χ0v) is 22.9. The Bertz CT molecular complexity index is 1740. The maximum atomic E-state index is 16.6. The Labute approximate surface area is 236 Å². The molecule has 2 aliphatic rings. The first kappa shape index (κ1) is 25.3. The van der Waals surface area contributed by atoms with E-state index < -0.39 is 11.6 Å². The Balaban J connectivity index is 1.38. The second-order valence-corrected chi connectivity index (χ2v) is 11.6. The molecule has 0 saturated carbocycles. The van der Waals surface area contributed by atoms with Gasteiger partial charge in [0.2, 0.25) is 0 Å². The molecule has 206 valence electrons. The Morgan fingerprint density at radius 3 is 2.73 bits per heavy atom. The van der Waals surface area contributed by atoms with E-state index in [4.69, 9.17) is 27.1 Å². The summed E-state index contributed by atoms with van der Waals surface area (Å²) in [5.41, 5.74) is 6.57. The monoisotopic (exact) mass is 583 g/mol. The number of piperazine rings is 1. The van der Waals surface area contributed by atoms with Crippen molar-refractivity contribution in [2.24, 2.45) is 0 Å². The molecule has 0 aliphatic carbocycles. The zero-order chi connectivity index (χ0) is 27.5. The molecular formula is C26H24ClF2N9OS. The number of hydrogen-bond donors (Lipinski definition) is 2. The SMILES string of the molecule is C[C@@H](Cn1cncn1)Oc1nc(N2CC3CCC(C2)N3)c2cc(Cl)c(-c3ccc(F)c4sc(N)nc34)c(F)c2n1. The van der Waals surface area contributed by atoms with Crippen molar-refractivity contribution in [1.82, 2.24) is 35.0 Å². The quantitative estimate of drug-likeness (QED) is 0.299. The fraction of sp³-hybridized carbons (Fsp3) is 0.346. The van der Waals surface area contributed by atoms with Crippen LogP contribution < -0.4 is 20.7 Å². The van der Waals surface area contributed by atoms with Crippen LogP contribution in [0.3, 0.4) is 0 Å². The largest absolute Gasteiger partial charge is 0.458 e. The van der Waals surface area contributed by atoms with Gasteiger partial charge in [0.1, 0.15) is 35.9 Å². The fourth-order valence-electron chi connectivity index (χ4n) is 5.67. The summed E-state index contributed by atoms with van der Waals surface area (Å²) in [5.74, 6) is -0.598. The minimum absolute atomic E-state index is 0.0373. The average molecular weight is 584 g/mol. The third-order valence-electron chi connectivity index (χ3n) is 7.36. The molecule has 2 fully saturated rings. The van der Waals surface area contributed by atoms with Crippen molar-refractivity contribution in [3.05, 3.63) is 47.5 Å². The summed E-state index contributed by atoms with van der Waals surface area (Å²) in [7, 11) is 0. The van der Waals surface area contributed by atoms with Gasteiger partial charge in [-0.15, -0.1) is 0 Å². The number of nitrogens with two attached hydrogens (primary N) is 1. The lowest BCUT2D eigenvalue weighted by Gasteiger charge is -2.34. The number of thiazole rings is 1. The molecule has 0 spiro atoms. The molecule has 0 radical (unpaired) electrons. The van der Waals surface area contributed by atoms with E-state index in [1.807, 2.05) is 6.92 Å². The number of nitrogens with one attached hydrogen (secondary N) is 1. The van der Waals surface area contributed by atoms with Gasteiger partial charge in [-0.2, -0.15) is 15.1 Å². The predicted molar refractivity (Wildman–Crippen MR) is 150 cm³/mol. The van der Waals surface area contributed by atoms with Crippen LogP contribution in [0.2, 0.25) is 5.02 Å². The van der Waals surface area contributed by atoms with Gasteiger partial charge in [-0.1, -0.05) is 22.9 Å². The van der Waals surface area contributed by atoms with Crippen LogP contribution in [-0.2, 0) is 6.54 Å². The molecule has 2 unspecified atom stereocenters. The van der Waals surface area contributed by atoms with E-state index in [1.165, 1.54) is 18.5 Å². The number of rotatable bonds is 6. The summed E-state index contributed by atoms with van der Waals surface area (Å²) < 4.78 is 39.0. The molecule has 3 atom stereocenters. The van der Waals surface area contributed by atoms with Crippen LogP contribution in [0.5, 0.6) is 6.01 Å². The molecule has 5 heterocycles. The van der Waals surface area contributed by atoms with E-state index in [-0.39, 0.29) is 43.6 Å². The lowest BCUT2D eigenvalue weighted by Crippen LogP contribution is -2.51. The van der Waals surface area contributed by atoms with E-state index in [0.717, 1.165) is 24.2 Å². The summed E-state index contributed by atoms with van der Waals surface area (Å²) in [6.45, 7) is 3.69. The standard InChI is InChI=1S/C26H24ClF2N9OS/c1-12(7-38-11-31-10-32-38)39-26-35-21-16(24(36-26)37-8-13-2-3-14(9-37)33-13)6-17(27)19(20(21)29)15-4-5-18(28)23-22(15)34-25(30)40-23/h4-6,10-14,33H,2-3,7-9H2,1H3,(H2,30,34)/t12-,13?,14?/m0/s1. The van der Waals surface area contributed by atoms with Gasteiger partial charge in [-0.05, 0) is 38.0 Å². The number of nitrogens with zero attached hydrogens (tertiary/aromatic N) is 7. The molecule has 40 heavy (non-hydrogen) atoms. The van der Waals surface area contributed by atoms with Crippen molar-refractivity contribution in [3.8, 4) is 17.1 Å². The van der Waals surface area contributed by atoms with E-state index in [0.29, 0.717) is 48.5 Å². The molecule has 2 bridgehead atoms. The van der Waals surface area contributed by atoms with Crippen LogP contribution in [0.15, 0.2) is 30.9 Å². The number of halogens is 3. The number of anilines is 2. The summed E-state index contributed by atoms with van der Waals surface area (Å²) in [4.78, 5) is 19.6. The fourth-order valence-corrected chi connectivity index (χ4v) is 6.73. The normalized spacial score (nSPS) is 19.6. The molecular weight excluding hydrogens is 560 g/mol. The van der Waals surface area contributed by atoms with Gasteiger partial charge in [-0.3, -0.25) is 0 Å². The second kappa shape index (κ2) is 9.75. The molecule has 5 aromatic rings. The number of fused-ring (bicyclic) bond motifs is 4. The first-order valence-corrected chi connectivity index (χ1v) is 14.1. The molecule has 2 aliphatic heterocycles. The van der Waals surface area contributed by atoms with Gasteiger partial charge in [0, 0.05) is 41.7 Å². The van der Waals surface area contributed by atoms with E-state index in [1.54, 1.807) is 17.1 Å². The van der Waals surface area contributed by atoms with Crippen molar-refractivity contribution in [1.29, 1.82) is 0 Å². The van der Waals surface area contributed by atoms with Crippen molar-refractivity contribution in [2.45, 2.75) is 44.5 Å². The topological polar surface area (TPSA) is 120 Å². The van der Waals surface area contributed by atoms with Crippen LogP contribution in [0.4, 0.5) is 19.7 Å². The van der Waals surface area contributed by atoms with Crippen molar-refractivity contribution < 1.29 is 13.5 Å². The molecule has 7 rings (SSSR count). The second-order valence-electron chi connectivity index (χ2n) is 10.2. The van der Waals surface area contributed by atoms with Gasteiger partial charge in [0.05, 0.1) is 21.8 Å². The maximum Gasteiger partial charge on any atom is 0.319 e. The number of aromatic nitrogens is 6. The molecule has 3 N–H and O–H groups in total. The molecule has 10 nitrogen and oxygen atoms in total. The highest BCUT2D eigenvalue weighted by Crippen LogP contribution is 2.43. The maximum absolute atomic E-state index is 16.6. The van der Waals surface area contributed by atoms with Crippen molar-refractivity contribution >= 4 is 55.0 Å². The highest BCUT2D eigenvalue weighted by atomic mass is 35.5. The summed E-state index contributed by atoms with van der Waals surface area (Å²) in [6.07, 6.45) is 4.79. The van der Waals surface area contributed by atoms with E-state index in [2.05, 4.69) is 30.3 Å². The highest BCUT2D eigenvalue weighted by Gasteiger charge is 2.34. The zero-order valence-electron chi connectivity index (χ0n) is 21.3. The van der Waals surface area contributed by atoms with Gasteiger partial charge in [0.25, 0.3) is 0 Å². The number of benzene rings is 2. The van der Waals surface area contributed by atoms with Crippen LogP contribution in [0, 0.1) is 11.6 Å². The summed E-state index contributed by atoms with van der Waals surface area (Å²) in [6, 6.07) is 5.07. The lowest BCUT2D eigenvalue weighted by atomic mass is 10.0. The number of ether oxygens (including phenoxy) is 1. The van der Waals surface area contributed by atoms with Crippen LogP contribution in [0.25, 0.3) is 32.2 Å². The first-order valence-electron chi connectivity index (χ1n) is 12.9. The minimum atomic E-state index is -0.669. The highest BCUT2D eigenvalue weighted by molar-refractivity contribution is 7.22. The van der Waals surface area contributed by atoms with Crippen molar-refractivity contribution in [3.63, 3.8) is 0 Å². The lowest BCUT2D eigenvalue weighted by molar-refractivity contribution is 0.178. The third-order valence-corrected chi connectivity index (χ3v) is 8.55. The Morgan fingerprint density at radius 1 is 1.18 bits per heavy atom. The summed E-state index contributed by atoms with van der Waals surface area (Å²) >= 11 is 7.75. The van der Waals surface area contributed by atoms with E-state index in [9.17, 15) is 4.39 Å². The average Bonchev–Trinajstić information content (AvgIpc) is 3.66. The number of hydrogen-bond acceptors (Lipinski definition) is 10. The van der Waals surface area contributed by atoms with Crippen LogP contribution in [-0.4, -0.2) is 61.0 Å². The molecule has 2 aromatic carbocycles. The van der Waals surface area contributed by atoms with Crippen molar-refractivity contribution in [2.75, 3.05) is 23.7 Å². The molecule has 3 aromatic heterocycles. The minimum Gasteiger partial charge on any atom is -0.458 e. The summed E-state index contributed by atoms with van der Waals surface area (Å²) in [5, 5.41) is 8.51.